The zero-order chi connectivity index (χ0) is 37.5. The zero-order valence-corrected chi connectivity index (χ0v) is 29.2. The number of amides is 2. The van der Waals surface area contributed by atoms with E-state index >= 15 is 0 Å². The number of rotatable bonds is 8. The summed E-state index contributed by atoms with van der Waals surface area (Å²) in [5.74, 6) is -0.0406. The molecule has 8 aromatic rings. The summed E-state index contributed by atoms with van der Waals surface area (Å²) in [6, 6.07) is 29.4. The van der Waals surface area contributed by atoms with Crippen LogP contribution in [0.25, 0.3) is 56.1 Å². The van der Waals surface area contributed by atoms with Crippen LogP contribution in [-0.4, -0.2) is 53.1 Å². The van der Waals surface area contributed by atoms with Gasteiger partial charge >= 0.3 is 0 Å². The normalized spacial score (nSPS) is 11.2. The Bertz CT molecular complexity index is 2760. The minimum Gasteiger partial charge on any atom is -0.507 e. The van der Waals surface area contributed by atoms with Crippen LogP contribution < -0.4 is 15.4 Å². The first-order valence-electron chi connectivity index (χ1n) is 16.8. The minimum absolute atomic E-state index is 0.0975. The first kappa shape index (κ1) is 33.7. The van der Waals surface area contributed by atoms with Crippen molar-refractivity contribution in [3.05, 3.63) is 133 Å². The van der Waals surface area contributed by atoms with E-state index in [1.807, 2.05) is 41.9 Å². The molecular formula is C41H31FN8O4. The third-order valence-corrected chi connectivity index (χ3v) is 9.19. The topological polar surface area (TPSA) is 149 Å². The maximum atomic E-state index is 14.4. The van der Waals surface area contributed by atoms with Crippen LogP contribution in [0.3, 0.4) is 0 Å². The summed E-state index contributed by atoms with van der Waals surface area (Å²) in [4.78, 5) is 44.3. The Labute approximate surface area is 307 Å². The summed E-state index contributed by atoms with van der Waals surface area (Å²) in [5, 5.41) is 15.9. The number of para-hydroxylation sites is 1. The monoisotopic (exact) mass is 718 g/mol. The number of phenols is 1. The molecule has 0 saturated carbocycles. The number of aryl methyl sites for hydroxylation is 2. The van der Waals surface area contributed by atoms with Crippen molar-refractivity contribution in [2.75, 3.05) is 17.7 Å². The Morgan fingerprint density at radius 3 is 2.00 bits per heavy atom. The van der Waals surface area contributed by atoms with Gasteiger partial charge in [-0.05, 0) is 91.0 Å². The average Bonchev–Trinajstić information content (AvgIpc) is 3.69. The van der Waals surface area contributed by atoms with E-state index < -0.39 is 11.9 Å². The molecule has 8 rings (SSSR count). The minimum atomic E-state index is -0.615. The predicted octanol–water partition coefficient (Wildman–Crippen LogP) is 7.61. The lowest BCUT2D eigenvalue weighted by atomic mass is 10.0. The SMILES string of the molecule is COc1ccc(-c2ccc(-c3nc4ccc(NC(=O)c5ccccc5O)cc4n3C)cn2)cc1C(=O)Nc1ccc2nc(-c3cccnc3F)n(C)c2c1. The predicted molar refractivity (Wildman–Crippen MR) is 204 cm³/mol. The van der Waals surface area contributed by atoms with Gasteiger partial charge in [-0.15, -0.1) is 0 Å². The van der Waals surface area contributed by atoms with E-state index in [-0.39, 0.29) is 22.8 Å². The fraction of sp³-hybridized carbons (Fsp3) is 0.0732. The fourth-order valence-electron chi connectivity index (χ4n) is 6.39. The largest absolute Gasteiger partial charge is 0.507 e. The molecule has 4 aromatic carbocycles. The molecule has 0 aliphatic heterocycles. The van der Waals surface area contributed by atoms with Crippen molar-refractivity contribution < 1.29 is 23.8 Å². The van der Waals surface area contributed by atoms with Gasteiger partial charge < -0.3 is 29.6 Å². The summed E-state index contributed by atoms with van der Waals surface area (Å²) in [5.41, 5.74) is 6.82. The summed E-state index contributed by atoms with van der Waals surface area (Å²) in [6.45, 7) is 0. The van der Waals surface area contributed by atoms with Crippen molar-refractivity contribution in [1.82, 2.24) is 29.1 Å². The molecule has 0 unspecified atom stereocenters. The second-order valence-electron chi connectivity index (χ2n) is 12.5. The maximum absolute atomic E-state index is 14.4. The fourth-order valence-corrected chi connectivity index (χ4v) is 6.39. The van der Waals surface area contributed by atoms with E-state index in [1.165, 1.54) is 19.4 Å². The quantitative estimate of drug-likeness (QED) is 0.136. The third-order valence-electron chi connectivity index (χ3n) is 9.19. The molecule has 54 heavy (non-hydrogen) atoms. The van der Waals surface area contributed by atoms with Crippen LogP contribution >= 0.6 is 0 Å². The van der Waals surface area contributed by atoms with Crippen molar-refractivity contribution in [2.24, 2.45) is 14.1 Å². The third kappa shape index (κ3) is 6.13. The molecule has 266 valence electrons. The van der Waals surface area contributed by atoms with Crippen molar-refractivity contribution in [1.29, 1.82) is 0 Å². The number of carbonyl (C=O) groups is 2. The number of phenolic OH excluding ortho intramolecular Hbond substituents is 1. The number of pyridine rings is 2. The van der Waals surface area contributed by atoms with Crippen LogP contribution in [0, 0.1) is 5.95 Å². The molecule has 12 nitrogen and oxygen atoms in total. The van der Waals surface area contributed by atoms with Crippen LogP contribution in [-0.2, 0) is 14.1 Å². The highest BCUT2D eigenvalue weighted by molar-refractivity contribution is 6.08. The molecular weight excluding hydrogens is 688 g/mol. The number of ether oxygens (including phenoxy) is 1. The van der Waals surface area contributed by atoms with E-state index in [9.17, 15) is 19.1 Å². The number of aromatic hydroxyl groups is 1. The standard InChI is InChI=1S/C41H31FN8O4/c1-49-33-20-25(45-40(52)27-7-4-5-9-35(27)51)12-15-31(33)47-38(49)24-10-14-30(44-22-24)23-11-17-36(54-3)29(19-23)41(53)46-26-13-16-32-34(21-26)50(2)39(48-32)28-8-6-18-43-37(28)42/h4-22,51H,1-3H3,(H,45,52)(H,46,53). The second-order valence-corrected chi connectivity index (χ2v) is 12.5. The van der Waals surface area contributed by atoms with Gasteiger partial charge in [-0.1, -0.05) is 12.1 Å². The van der Waals surface area contributed by atoms with Gasteiger partial charge in [-0.3, -0.25) is 14.6 Å². The van der Waals surface area contributed by atoms with Crippen LogP contribution in [0.2, 0.25) is 0 Å². The van der Waals surface area contributed by atoms with E-state index in [2.05, 4.69) is 20.6 Å². The molecule has 0 atom stereocenters. The van der Waals surface area contributed by atoms with Gasteiger partial charge in [0, 0.05) is 49.0 Å². The average molecular weight is 719 g/mol. The van der Waals surface area contributed by atoms with Crippen molar-refractivity contribution >= 4 is 45.3 Å². The maximum Gasteiger partial charge on any atom is 0.259 e. The van der Waals surface area contributed by atoms with Crippen molar-refractivity contribution in [3.63, 3.8) is 0 Å². The van der Waals surface area contributed by atoms with Crippen molar-refractivity contribution in [2.45, 2.75) is 0 Å². The molecule has 0 bridgehead atoms. The van der Waals surface area contributed by atoms with Gasteiger partial charge in [0.2, 0.25) is 5.95 Å². The Morgan fingerprint density at radius 2 is 1.35 bits per heavy atom. The summed E-state index contributed by atoms with van der Waals surface area (Å²) in [7, 11) is 5.16. The lowest BCUT2D eigenvalue weighted by Gasteiger charge is -2.12. The van der Waals surface area contributed by atoms with E-state index in [0.717, 1.165) is 16.6 Å². The van der Waals surface area contributed by atoms with Gasteiger partial charge in [-0.2, -0.15) is 4.39 Å². The first-order valence-corrected chi connectivity index (χ1v) is 16.8. The first-order chi connectivity index (χ1) is 26.2. The Hall–Kier alpha value is -7.41. The number of benzene rings is 4. The number of nitrogens with zero attached hydrogens (tertiary/aromatic N) is 6. The van der Waals surface area contributed by atoms with Crippen molar-refractivity contribution in [3.8, 4) is 45.5 Å². The van der Waals surface area contributed by atoms with Crippen LogP contribution in [0.5, 0.6) is 11.5 Å². The van der Waals surface area contributed by atoms with Crippen LogP contribution in [0.1, 0.15) is 20.7 Å². The number of hydrogen-bond donors (Lipinski definition) is 3. The number of imidazole rings is 2. The molecule has 0 saturated heterocycles. The molecule has 0 spiro atoms. The number of carbonyl (C=O) groups excluding carboxylic acids is 2. The highest BCUT2D eigenvalue weighted by Gasteiger charge is 2.19. The molecule has 0 aliphatic carbocycles. The van der Waals surface area contributed by atoms with Crippen LogP contribution in [0.15, 0.2) is 116 Å². The molecule has 4 heterocycles. The van der Waals surface area contributed by atoms with E-state index in [1.54, 1.807) is 84.5 Å². The molecule has 0 fully saturated rings. The van der Waals surface area contributed by atoms with Gasteiger partial charge in [0.25, 0.3) is 11.8 Å². The second kappa shape index (κ2) is 13.6. The molecule has 13 heteroatoms. The highest BCUT2D eigenvalue weighted by Crippen LogP contribution is 2.31. The lowest BCUT2D eigenvalue weighted by molar-refractivity contribution is 0.101. The van der Waals surface area contributed by atoms with E-state index in [4.69, 9.17) is 14.7 Å². The number of aromatic nitrogens is 6. The molecule has 2 amide bonds. The molecule has 4 aromatic heterocycles. The highest BCUT2D eigenvalue weighted by atomic mass is 19.1. The Morgan fingerprint density at radius 1 is 0.704 bits per heavy atom. The zero-order valence-electron chi connectivity index (χ0n) is 29.2. The van der Waals surface area contributed by atoms with Gasteiger partial charge in [0.15, 0.2) is 0 Å². The number of anilines is 2. The summed E-state index contributed by atoms with van der Waals surface area (Å²) in [6.07, 6.45) is 3.10. The number of hydrogen-bond acceptors (Lipinski definition) is 8. The number of halogens is 1. The van der Waals surface area contributed by atoms with Gasteiger partial charge in [0.1, 0.15) is 23.1 Å². The number of fused-ring (bicyclic) bond motifs is 2. The molecule has 0 radical (unpaired) electrons. The number of methoxy groups -OCH3 is 1. The summed E-state index contributed by atoms with van der Waals surface area (Å²) < 4.78 is 23.7. The summed E-state index contributed by atoms with van der Waals surface area (Å²) >= 11 is 0. The number of nitrogens with one attached hydrogen (secondary N) is 2. The Kier molecular flexibility index (Phi) is 8.50. The smallest absolute Gasteiger partial charge is 0.259 e. The van der Waals surface area contributed by atoms with Gasteiger partial charge in [-0.25, -0.2) is 15.0 Å². The lowest BCUT2D eigenvalue weighted by Crippen LogP contribution is -2.13. The molecule has 0 aliphatic rings. The Balaban J connectivity index is 1.02. The van der Waals surface area contributed by atoms with Gasteiger partial charge in [0.05, 0.1) is 51.6 Å². The molecule has 3 N–H and O–H groups in total. The van der Waals surface area contributed by atoms with Crippen LogP contribution in [0.4, 0.5) is 15.8 Å². The van der Waals surface area contributed by atoms with E-state index in [0.29, 0.717) is 56.6 Å².